The van der Waals surface area contributed by atoms with E-state index in [1.807, 2.05) is 18.2 Å². The van der Waals surface area contributed by atoms with Crippen LogP contribution in [0, 0.1) is 0 Å². The van der Waals surface area contributed by atoms with Crippen LogP contribution in [0.15, 0.2) is 30.5 Å². The Kier molecular flexibility index (Phi) is 2.12. The van der Waals surface area contributed by atoms with Crippen molar-refractivity contribution in [2.75, 3.05) is 0 Å². The van der Waals surface area contributed by atoms with Gasteiger partial charge in [-0.1, -0.05) is 19.9 Å². The third kappa shape index (κ3) is 1.43. The molecule has 0 atom stereocenters. The lowest BCUT2D eigenvalue weighted by Gasteiger charge is -2.09. The van der Waals surface area contributed by atoms with Gasteiger partial charge in [-0.3, -0.25) is 4.98 Å². The van der Waals surface area contributed by atoms with Crippen LogP contribution in [0.1, 0.15) is 25.3 Å². The quantitative estimate of drug-likeness (QED) is 0.744. The molecule has 0 aliphatic rings. The van der Waals surface area contributed by atoms with Crippen molar-refractivity contribution in [1.29, 1.82) is 0 Å². The van der Waals surface area contributed by atoms with E-state index in [2.05, 4.69) is 18.8 Å². The highest BCUT2D eigenvalue weighted by Crippen LogP contribution is 2.29. The normalized spacial score (nSPS) is 11.1. The summed E-state index contributed by atoms with van der Waals surface area (Å²) in [5.41, 5.74) is 1.89. The smallest absolute Gasteiger partial charge is 0.119 e. The predicted octanol–water partition coefficient (Wildman–Crippen LogP) is 3.06. The first-order valence-corrected chi connectivity index (χ1v) is 4.76. The van der Waals surface area contributed by atoms with E-state index >= 15 is 0 Å². The first kappa shape index (κ1) is 9.00. The molecule has 1 heterocycles. The molecule has 2 heteroatoms. The second-order valence-corrected chi connectivity index (χ2v) is 3.76. The van der Waals surface area contributed by atoms with Gasteiger partial charge in [-0.05, 0) is 29.7 Å². The largest absolute Gasteiger partial charge is 0.508 e. The number of pyridine rings is 1. The third-order valence-electron chi connectivity index (χ3n) is 2.37. The molecule has 0 amide bonds. The number of aromatic nitrogens is 1. The van der Waals surface area contributed by atoms with Crippen molar-refractivity contribution in [1.82, 2.24) is 4.98 Å². The van der Waals surface area contributed by atoms with Crippen LogP contribution in [0.4, 0.5) is 0 Å². The number of phenols is 1. The molecule has 0 radical (unpaired) electrons. The lowest BCUT2D eigenvalue weighted by molar-refractivity contribution is 0.466. The summed E-state index contributed by atoms with van der Waals surface area (Å²) in [6.07, 6.45) is 1.77. The maximum atomic E-state index is 9.75. The van der Waals surface area contributed by atoms with Crippen LogP contribution in [-0.4, -0.2) is 10.1 Å². The number of rotatable bonds is 1. The minimum Gasteiger partial charge on any atom is -0.508 e. The highest BCUT2D eigenvalue weighted by Gasteiger charge is 2.07. The summed E-state index contributed by atoms with van der Waals surface area (Å²) in [5, 5.41) is 10.7. The Bertz CT molecular complexity index is 463. The molecular formula is C12H13NO. The third-order valence-corrected chi connectivity index (χ3v) is 2.37. The molecule has 0 spiro atoms. The monoisotopic (exact) mass is 187 g/mol. The molecule has 0 saturated heterocycles. The fourth-order valence-electron chi connectivity index (χ4n) is 1.59. The molecule has 0 aliphatic heterocycles. The topological polar surface area (TPSA) is 33.1 Å². The van der Waals surface area contributed by atoms with Gasteiger partial charge in [0.25, 0.3) is 0 Å². The molecule has 0 aliphatic carbocycles. The van der Waals surface area contributed by atoms with Gasteiger partial charge < -0.3 is 5.11 Å². The van der Waals surface area contributed by atoms with Crippen molar-refractivity contribution in [3.63, 3.8) is 0 Å². The van der Waals surface area contributed by atoms with Crippen molar-refractivity contribution < 1.29 is 5.11 Å². The van der Waals surface area contributed by atoms with E-state index in [1.165, 1.54) is 0 Å². The second kappa shape index (κ2) is 3.29. The Hall–Kier alpha value is -1.57. The Balaban J connectivity index is 2.71. The lowest BCUT2D eigenvalue weighted by atomic mass is 10.0. The van der Waals surface area contributed by atoms with Crippen molar-refractivity contribution in [2.24, 2.45) is 0 Å². The van der Waals surface area contributed by atoms with Gasteiger partial charge >= 0.3 is 0 Å². The van der Waals surface area contributed by atoms with Crippen LogP contribution in [0.2, 0.25) is 0 Å². The minimum atomic E-state index is 0.321. The Morgan fingerprint density at radius 3 is 2.79 bits per heavy atom. The molecule has 14 heavy (non-hydrogen) atoms. The molecule has 1 aromatic carbocycles. The standard InChI is InChI=1S/C12H13NO/c1-8(2)10-7-11-9(6-12(10)14)4-3-5-13-11/h3-8,14H,1-2H3. The zero-order valence-electron chi connectivity index (χ0n) is 8.36. The molecule has 2 rings (SSSR count). The van der Waals surface area contributed by atoms with E-state index in [-0.39, 0.29) is 0 Å². The average Bonchev–Trinajstić information content (AvgIpc) is 2.16. The van der Waals surface area contributed by atoms with Crippen LogP contribution < -0.4 is 0 Å². The van der Waals surface area contributed by atoms with Crippen LogP contribution in [0.25, 0.3) is 10.9 Å². The van der Waals surface area contributed by atoms with Crippen molar-refractivity contribution in [2.45, 2.75) is 19.8 Å². The summed E-state index contributed by atoms with van der Waals surface area (Å²) in [4.78, 5) is 4.25. The van der Waals surface area contributed by atoms with Gasteiger partial charge in [0.1, 0.15) is 5.75 Å². The molecule has 2 aromatic rings. The Labute approximate surface area is 83.2 Å². The number of hydrogen-bond acceptors (Lipinski definition) is 2. The van der Waals surface area contributed by atoms with Gasteiger partial charge in [-0.15, -0.1) is 0 Å². The molecule has 1 N–H and O–H groups in total. The lowest BCUT2D eigenvalue weighted by Crippen LogP contribution is -1.89. The Morgan fingerprint density at radius 2 is 2.07 bits per heavy atom. The summed E-state index contributed by atoms with van der Waals surface area (Å²) < 4.78 is 0. The number of fused-ring (bicyclic) bond motifs is 1. The number of nitrogens with zero attached hydrogens (tertiary/aromatic N) is 1. The van der Waals surface area contributed by atoms with Crippen LogP contribution in [-0.2, 0) is 0 Å². The molecule has 0 bridgehead atoms. The number of aromatic hydroxyl groups is 1. The van der Waals surface area contributed by atoms with Crippen molar-refractivity contribution in [3.8, 4) is 5.75 Å². The Morgan fingerprint density at radius 1 is 1.29 bits per heavy atom. The average molecular weight is 187 g/mol. The van der Waals surface area contributed by atoms with Crippen LogP contribution in [0.3, 0.4) is 0 Å². The summed E-state index contributed by atoms with van der Waals surface area (Å²) in [6, 6.07) is 7.55. The van der Waals surface area contributed by atoms with Crippen LogP contribution in [0.5, 0.6) is 5.75 Å². The fourth-order valence-corrected chi connectivity index (χ4v) is 1.59. The maximum absolute atomic E-state index is 9.75. The summed E-state index contributed by atoms with van der Waals surface area (Å²) in [6.45, 7) is 4.12. The highest BCUT2D eigenvalue weighted by atomic mass is 16.3. The van der Waals surface area contributed by atoms with Crippen LogP contribution >= 0.6 is 0 Å². The van der Waals surface area contributed by atoms with Gasteiger partial charge in [0.05, 0.1) is 5.52 Å². The second-order valence-electron chi connectivity index (χ2n) is 3.76. The van der Waals surface area contributed by atoms with Gasteiger partial charge in [0, 0.05) is 11.6 Å². The van der Waals surface area contributed by atoms with E-state index in [9.17, 15) is 5.11 Å². The first-order chi connectivity index (χ1) is 6.68. The van der Waals surface area contributed by atoms with Gasteiger partial charge in [0.15, 0.2) is 0 Å². The molecule has 0 unspecified atom stereocenters. The molecule has 72 valence electrons. The van der Waals surface area contributed by atoms with Gasteiger partial charge in [-0.2, -0.15) is 0 Å². The molecule has 1 aromatic heterocycles. The first-order valence-electron chi connectivity index (χ1n) is 4.76. The van der Waals surface area contributed by atoms with E-state index in [4.69, 9.17) is 0 Å². The minimum absolute atomic E-state index is 0.321. The number of benzene rings is 1. The fraction of sp³-hybridized carbons (Fsp3) is 0.250. The summed E-state index contributed by atoms with van der Waals surface area (Å²) in [5.74, 6) is 0.682. The van der Waals surface area contributed by atoms with Gasteiger partial charge in [-0.25, -0.2) is 0 Å². The zero-order valence-corrected chi connectivity index (χ0v) is 8.36. The van der Waals surface area contributed by atoms with Crippen molar-refractivity contribution in [3.05, 3.63) is 36.0 Å². The van der Waals surface area contributed by atoms with Crippen molar-refractivity contribution >= 4 is 10.9 Å². The number of phenolic OH excluding ortho intramolecular Hbond substituents is 1. The number of hydrogen-bond donors (Lipinski definition) is 1. The molecule has 0 saturated carbocycles. The zero-order chi connectivity index (χ0) is 10.1. The summed E-state index contributed by atoms with van der Waals surface area (Å²) >= 11 is 0. The maximum Gasteiger partial charge on any atom is 0.119 e. The van der Waals surface area contributed by atoms with Gasteiger partial charge in [0.2, 0.25) is 0 Å². The van der Waals surface area contributed by atoms with E-state index in [0.717, 1.165) is 16.5 Å². The predicted molar refractivity (Wildman–Crippen MR) is 57.5 cm³/mol. The van der Waals surface area contributed by atoms with E-state index < -0.39 is 0 Å². The molecule has 0 fully saturated rings. The van der Waals surface area contributed by atoms with E-state index in [1.54, 1.807) is 12.3 Å². The van der Waals surface area contributed by atoms with E-state index in [0.29, 0.717) is 11.7 Å². The SMILES string of the molecule is CC(C)c1cc2ncccc2cc1O. The highest BCUT2D eigenvalue weighted by molar-refractivity contribution is 5.81. The molecular weight excluding hydrogens is 174 g/mol. The summed E-state index contributed by atoms with van der Waals surface area (Å²) in [7, 11) is 0. The molecule has 2 nitrogen and oxygen atoms in total.